The van der Waals surface area contributed by atoms with Gasteiger partial charge in [0.25, 0.3) is 0 Å². The van der Waals surface area contributed by atoms with E-state index in [0.29, 0.717) is 11.6 Å². The number of nitrogens with zero attached hydrogens (tertiary/aromatic N) is 2. The van der Waals surface area contributed by atoms with E-state index in [9.17, 15) is 18.0 Å². The van der Waals surface area contributed by atoms with Crippen LogP contribution in [0.2, 0.25) is 5.02 Å². The minimum Gasteiger partial charge on any atom is -0.354 e. The zero-order valence-electron chi connectivity index (χ0n) is 19.7. The molecule has 0 aliphatic carbocycles. The fraction of sp³-hybridized carbons (Fsp3) is 0.417. The van der Waals surface area contributed by atoms with Crippen molar-refractivity contribution in [2.75, 3.05) is 23.7 Å². The number of halogens is 1. The van der Waals surface area contributed by atoms with Gasteiger partial charge in [-0.3, -0.25) is 13.9 Å². The van der Waals surface area contributed by atoms with Crippen LogP contribution in [0.5, 0.6) is 0 Å². The van der Waals surface area contributed by atoms with Crippen LogP contribution in [0.3, 0.4) is 0 Å². The van der Waals surface area contributed by atoms with E-state index in [4.69, 9.17) is 11.6 Å². The van der Waals surface area contributed by atoms with Gasteiger partial charge < -0.3 is 10.2 Å². The van der Waals surface area contributed by atoms with E-state index in [1.54, 1.807) is 25.1 Å². The SMILES string of the molecule is Cc1cccc(CN(C(=O)CN(c2cccc(Cl)c2)S(C)(=O)=O)C(C)C(=O)NCC(C)C)c1. The summed E-state index contributed by atoms with van der Waals surface area (Å²) in [4.78, 5) is 27.6. The molecule has 0 saturated heterocycles. The quantitative estimate of drug-likeness (QED) is 0.547. The third-order valence-electron chi connectivity index (χ3n) is 5.06. The monoisotopic (exact) mass is 493 g/mol. The topological polar surface area (TPSA) is 86.8 Å². The molecule has 0 aromatic heterocycles. The van der Waals surface area contributed by atoms with Gasteiger partial charge >= 0.3 is 0 Å². The molecule has 2 rings (SSSR count). The highest BCUT2D eigenvalue weighted by molar-refractivity contribution is 7.92. The van der Waals surface area contributed by atoms with Gasteiger partial charge in [-0.1, -0.05) is 61.3 Å². The van der Waals surface area contributed by atoms with Gasteiger partial charge in [0.05, 0.1) is 11.9 Å². The summed E-state index contributed by atoms with van der Waals surface area (Å²) in [5.41, 5.74) is 2.15. The van der Waals surface area contributed by atoms with E-state index in [0.717, 1.165) is 21.7 Å². The molecule has 180 valence electrons. The summed E-state index contributed by atoms with van der Waals surface area (Å²) in [5, 5.41) is 3.21. The van der Waals surface area contributed by atoms with Gasteiger partial charge in [0, 0.05) is 18.1 Å². The number of amides is 2. The van der Waals surface area contributed by atoms with Crippen LogP contribution in [-0.2, 0) is 26.2 Å². The Morgan fingerprint density at radius 2 is 1.73 bits per heavy atom. The van der Waals surface area contributed by atoms with Crippen LogP contribution in [0, 0.1) is 12.8 Å². The number of rotatable bonds is 10. The first kappa shape index (κ1) is 26.7. The summed E-state index contributed by atoms with van der Waals surface area (Å²) in [6, 6.07) is 13.1. The van der Waals surface area contributed by atoms with Gasteiger partial charge in [-0.15, -0.1) is 0 Å². The van der Waals surface area contributed by atoms with Crippen LogP contribution in [0.25, 0.3) is 0 Å². The summed E-state index contributed by atoms with van der Waals surface area (Å²) < 4.78 is 26.0. The van der Waals surface area contributed by atoms with Gasteiger partial charge in [-0.05, 0) is 43.5 Å². The zero-order chi connectivity index (χ0) is 24.8. The second-order valence-electron chi connectivity index (χ2n) is 8.58. The molecule has 1 N–H and O–H groups in total. The Morgan fingerprint density at radius 1 is 1.06 bits per heavy atom. The highest BCUT2D eigenvalue weighted by atomic mass is 35.5. The Bertz CT molecular complexity index is 1090. The standard InChI is InChI=1S/C24H32ClN3O4S/c1-17(2)14-26-24(30)19(4)27(15-20-9-6-8-18(3)12-20)23(29)16-28(33(5,31)32)22-11-7-10-21(25)13-22/h6-13,17,19H,14-16H2,1-5H3,(H,26,30). The van der Waals surface area contributed by atoms with Crippen molar-refractivity contribution in [3.8, 4) is 0 Å². The molecule has 2 aromatic carbocycles. The number of hydrogen-bond donors (Lipinski definition) is 1. The minimum atomic E-state index is -3.78. The van der Waals surface area contributed by atoms with Gasteiger partial charge in [0.15, 0.2) is 0 Å². The molecule has 0 aliphatic rings. The molecule has 1 unspecified atom stereocenters. The number of aryl methyl sites for hydroxylation is 1. The maximum absolute atomic E-state index is 13.4. The number of hydrogen-bond acceptors (Lipinski definition) is 4. The maximum Gasteiger partial charge on any atom is 0.244 e. The van der Waals surface area contributed by atoms with Crippen molar-refractivity contribution >= 4 is 39.1 Å². The molecule has 0 spiro atoms. The summed E-state index contributed by atoms with van der Waals surface area (Å²) in [6.45, 7) is 7.75. The van der Waals surface area contributed by atoms with Crippen molar-refractivity contribution in [2.24, 2.45) is 5.92 Å². The summed E-state index contributed by atoms with van der Waals surface area (Å²) in [5.74, 6) is -0.530. The van der Waals surface area contributed by atoms with Crippen molar-refractivity contribution in [2.45, 2.75) is 40.3 Å². The molecular formula is C24H32ClN3O4S. The fourth-order valence-corrected chi connectivity index (χ4v) is 4.31. The average molecular weight is 494 g/mol. The lowest BCUT2D eigenvalue weighted by Gasteiger charge is -2.31. The summed E-state index contributed by atoms with van der Waals surface area (Å²) >= 11 is 6.04. The predicted molar refractivity (Wildman–Crippen MR) is 133 cm³/mol. The maximum atomic E-state index is 13.4. The van der Waals surface area contributed by atoms with Crippen LogP contribution in [0.1, 0.15) is 31.9 Å². The van der Waals surface area contributed by atoms with E-state index < -0.39 is 28.5 Å². The van der Waals surface area contributed by atoms with Crippen LogP contribution < -0.4 is 9.62 Å². The third-order valence-corrected chi connectivity index (χ3v) is 6.44. The lowest BCUT2D eigenvalue weighted by molar-refractivity contribution is -0.139. The van der Waals surface area contributed by atoms with Crippen molar-refractivity contribution in [3.63, 3.8) is 0 Å². The van der Waals surface area contributed by atoms with Crippen LogP contribution in [-0.4, -0.2) is 50.5 Å². The van der Waals surface area contributed by atoms with Crippen molar-refractivity contribution in [1.82, 2.24) is 10.2 Å². The lowest BCUT2D eigenvalue weighted by Crippen LogP contribution is -2.51. The molecule has 7 nitrogen and oxygen atoms in total. The van der Waals surface area contributed by atoms with Crippen LogP contribution in [0.4, 0.5) is 5.69 Å². The number of benzene rings is 2. The molecule has 0 aliphatic heterocycles. The van der Waals surface area contributed by atoms with E-state index in [2.05, 4.69) is 5.32 Å². The largest absolute Gasteiger partial charge is 0.354 e. The first-order valence-corrected chi connectivity index (χ1v) is 13.0. The first-order chi connectivity index (χ1) is 15.4. The number of anilines is 1. The van der Waals surface area contributed by atoms with E-state index in [-0.39, 0.29) is 24.1 Å². The molecule has 0 fully saturated rings. The Kier molecular flexibility index (Phi) is 9.31. The van der Waals surface area contributed by atoms with E-state index in [1.165, 1.54) is 11.0 Å². The minimum absolute atomic E-state index is 0.171. The zero-order valence-corrected chi connectivity index (χ0v) is 21.3. The fourth-order valence-electron chi connectivity index (χ4n) is 3.29. The van der Waals surface area contributed by atoms with Crippen molar-refractivity contribution in [3.05, 3.63) is 64.7 Å². The van der Waals surface area contributed by atoms with Crippen LogP contribution >= 0.6 is 11.6 Å². The number of carbonyl (C=O) groups is 2. The molecule has 33 heavy (non-hydrogen) atoms. The molecule has 0 radical (unpaired) electrons. The Hall–Kier alpha value is -2.58. The van der Waals surface area contributed by atoms with Gasteiger partial charge in [-0.2, -0.15) is 0 Å². The first-order valence-electron chi connectivity index (χ1n) is 10.7. The van der Waals surface area contributed by atoms with Gasteiger partial charge in [0.2, 0.25) is 21.8 Å². The molecule has 2 amide bonds. The number of sulfonamides is 1. The molecule has 0 saturated carbocycles. The lowest BCUT2D eigenvalue weighted by atomic mass is 10.1. The molecule has 0 bridgehead atoms. The molecule has 0 heterocycles. The Balaban J connectivity index is 2.36. The highest BCUT2D eigenvalue weighted by Gasteiger charge is 2.30. The molecule has 2 aromatic rings. The Morgan fingerprint density at radius 3 is 2.30 bits per heavy atom. The summed E-state index contributed by atoms with van der Waals surface area (Å²) in [7, 11) is -3.78. The van der Waals surface area contributed by atoms with Gasteiger partial charge in [0.1, 0.15) is 12.6 Å². The third kappa shape index (κ3) is 8.05. The predicted octanol–water partition coefficient (Wildman–Crippen LogP) is 3.60. The molecule has 9 heteroatoms. The van der Waals surface area contributed by atoms with Crippen molar-refractivity contribution < 1.29 is 18.0 Å². The smallest absolute Gasteiger partial charge is 0.244 e. The highest BCUT2D eigenvalue weighted by Crippen LogP contribution is 2.22. The molecule has 1 atom stereocenters. The van der Waals surface area contributed by atoms with E-state index >= 15 is 0 Å². The number of nitrogens with one attached hydrogen (secondary N) is 1. The Labute approximate surface area is 201 Å². The molecular weight excluding hydrogens is 462 g/mol. The van der Waals surface area contributed by atoms with Gasteiger partial charge in [-0.25, -0.2) is 8.42 Å². The average Bonchev–Trinajstić information content (AvgIpc) is 2.72. The summed E-state index contributed by atoms with van der Waals surface area (Å²) in [6.07, 6.45) is 1.03. The normalized spacial score (nSPS) is 12.3. The van der Waals surface area contributed by atoms with Crippen molar-refractivity contribution in [1.29, 1.82) is 0 Å². The second-order valence-corrected chi connectivity index (χ2v) is 10.9. The second kappa shape index (κ2) is 11.5. The number of carbonyl (C=O) groups excluding carboxylic acids is 2. The van der Waals surface area contributed by atoms with Crippen LogP contribution in [0.15, 0.2) is 48.5 Å². The van der Waals surface area contributed by atoms with E-state index in [1.807, 2.05) is 45.0 Å².